The van der Waals surface area contributed by atoms with Gasteiger partial charge in [-0.25, -0.2) is 0 Å². The highest BCUT2D eigenvalue weighted by atomic mass is 32.1. The number of hydrogen-bond donors (Lipinski definition) is 2. The summed E-state index contributed by atoms with van der Waals surface area (Å²) in [4.78, 5) is 10.9. The van der Waals surface area contributed by atoms with E-state index in [1.54, 1.807) is 18.4 Å². The van der Waals surface area contributed by atoms with Gasteiger partial charge in [0.15, 0.2) is 0 Å². The van der Waals surface area contributed by atoms with Crippen molar-refractivity contribution in [2.75, 3.05) is 20.1 Å². The second-order valence-electron chi connectivity index (χ2n) is 3.41. The molecule has 0 aliphatic carbocycles. The Morgan fingerprint density at radius 2 is 2.33 bits per heavy atom. The molecule has 1 rings (SSSR count). The highest BCUT2D eigenvalue weighted by molar-refractivity contribution is 7.07. The van der Waals surface area contributed by atoms with Crippen molar-refractivity contribution in [3.63, 3.8) is 0 Å². The van der Waals surface area contributed by atoms with Gasteiger partial charge >= 0.3 is 0 Å². The first-order chi connectivity index (χ1) is 7.33. The molecule has 1 amide bonds. The van der Waals surface area contributed by atoms with Crippen LogP contribution in [0.25, 0.3) is 0 Å². The average molecular weight is 226 g/mol. The normalized spacial score (nSPS) is 10.2. The van der Waals surface area contributed by atoms with E-state index in [1.165, 1.54) is 5.56 Å². The molecule has 0 radical (unpaired) electrons. The van der Waals surface area contributed by atoms with E-state index in [1.807, 2.05) is 0 Å². The predicted molar refractivity (Wildman–Crippen MR) is 64.2 cm³/mol. The van der Waals surface area contributed by atoms with Crippen molar-refractivity contribution < 1.29 is 4.79 Å². The number of nitrogens with one attached hydrogen (secondary N) is 2. The molecule has 1 aromatic rings. The van der Waals surface area contributed by atoms with Crippen LogP contribution in [0.3, 0.4) is 0 Å². The number of amides is 1. The molecule has 84 valence electrons. The van der Waals surface area contributed by atoms with Gasteiger partial charge in [0.2, 0.25) is 5.91 Å². The Kier molecular flexibility index (Phi) is 6.04. The molecule has 0 saturated carbocycles. The fourth-order valence-corrected chi connectivity index (χ4v) is 1.99. The first-order valence-corrected chi connectivity index (χ1v) is 6.19. The minimum Gasteiger partial charge on any atom is -0.359 e. The molecule has 0 fully saturated rings. The largest absolute Gasteiger partial charge is 0.359 e. The molecule has 15 heavy (non-hydrogen) atoms. The van der Waals surface area contributed by atoms with Crippen LogP contribution in [0.4, 0.5) is 0 Å². The van der Waals surface area contributed by atoms with Crippen LogP contribution in [0.15, 0.2) is 16.8 Å². The van der Waals surface area contributed by atoms with Crippen LogP contribution in [0.1, 0.15) is 18.4 Å². The lowest BCUT2D eigenvalue weighted by Crippen LogP contribution is -2.22. The molecule has 1 aromatic heterocycles. The van der Waals surface area contributed by atoms with Crippen LogP contribution in [-0.2, 0) is 11.2 Å². The first kappa shape index (κ1) is 12.2. The predicted octanol–water partition coefficient (Wildman–Crippen LogP) is 1.41. The molecule has 2 N–H and O–H groups in total. The monoisotopic (exact) mass is 226 g/mol. The zero-order valence-corrected chi connectivity index (χ0v) is 9.90. The molecule has 0 aliphatic heterocycles. The maximum atomic E-state index is 10.9. The second kappa shape index (κ2) is 7.43. The zero-order valence-electron chi connectivity index (χ0n) is 9.08. The Hall–Kier alpha value is -0.870. The smallest absolute Gasteiger partial charge is 0.219 e. The number of thiophene rings is 1. The maximum Gasteiger partial charge on any atom is 0.219 e. The van der Waals surface area contributed by atoms with Crippen LogP contribution >= 0.6 is 11.3 Å². The van der Waals surface area contributed by atoms with E-state index >= 15 is 0 Å². The standard InChI is InChI=1S/C11H18N2OS/c1-12-11(14)3-2-6-13-7-4-10-5-8-15-9-10/h5,8-9,13H,2-4,6-7H2,1H3,(H,12,14). The Morgan fingerprint density at radius 3 is 3.00 bits per heavy atom. The highest BCUT2D eigenvalue weighted by Gasteiger charge is 1.97. The Labute approximate surface area is 94.9 Å². The van der Waals surface area contributed by atoms with Gasteiger partial charge in [-0.05, 0) is 48.3 Å². The van der Waals surface area contributed by atoms with Gasteiger partial charge in [-0.1, -0.05) is 0 Å². The Bertz CT molecular complexity index is 272. The highest BCUT2D eigenvalue weighted by Crippen LogP contribution is 2.05. The van der Waals surface area contributed by atoms with E-state index in [0.29, 0.717) is 6.42 Å². The van der Waals surface area contributed by atoms with E-state index < -0.39 is 0 Å². The van der Waals surface area contributed by atoms with E-state index in [0.717, 1.165) is 25.9 Å². The molecule has 0 aliphatic rings. The van der Waals surface area contributed by atoms with Crippen LogP contribution in [-0.4, -0.2) is 26.0 Å². The van der Waals surface area contributed by atoms with Crippen molar-refractivity contribution in [2.45, 2.75) is 19.3 Å². The van der Waals surface area contributed by atoms with Gasteiger partial charge in [-0.3, -0.25) is 4.79 Å². The Balaban J connectivity index is 1.91. The fourth-order valence-electron chi connectivity index (χ4n) is 1.29. The Morgan fingerprint density at radius 1 is 1.47 bits per heavy atom. The van der Waals surface area contributed by atoms with Crippen LogP contribution < -0.4 is 10.6 Å². The molecule has 0 spiro atoms. The third-order valence-corrected chi connectivity index (χ3v) is 2.94. The van der Waals surface area contributed by atoms with Gasteiger partial charge in [0.05, 0.1) is 0 Å². The minimum atomic E-state index is 0.120. The van der Waals surface area contributed by atoms with Crippen molar-refractivity contribution >= 4 is 17.2 Å². The summed E-state index contributed by atoms with van der Waals surface area (Å²) in [5.41, 5.74) is 1.39. The van der Waals surface area contributed by atoms with Crippen LogP contribution in [0.5, 0.6) is 0 Å². The van der Waals surface area contributed by atoms with Gasteiger partial charge in [-0.15, -0.1) is 0 Å². The summed E-state index contributed by atoms with van der Waals surface area (Å²) < 4.78 is 0. The summed E-state index contributed by atoms with van der Waals surface area (Å²) >= 11 is 1.73. The second-order valence-corrected chi connectivity index (χ2v) is 4.19. The maximum absolute atomic E-state index is 10.9. The van der Waals surface area contributed by atoms with Crippen molar-refractivity contribution in [2.24, 2.45) is 0 Å². The topological polar surface area (TPSA) is 41.1 Å². The molecular formula is C11H18N2OS. The molecule has 0 unspecified atom stereocenters. The van der Waals surface area contributed by atoms with Crippen LogP contribution in [0, 0.1) is 0 Å². The quantitative estimate of drug-likeness (QED) is 0.690. The molecule has 0 bridgehead atoms. The first-order valence-electron chi connectivity index (χ1n) is 5.25. The van der Waals surface area contributed by atoms with E-state index in [2.05, 4.69) is 27.5 Å². The SMILES string of the molecule is CNC(=O)CCCNCCc1ccsc1. The van der Waals surface area contributed by atoms with Gasteiger partial charge in [-0.2, -0.15) is 11.3 Å². The van der Waals surface area contributed by atoms with Crippen molar-refractivity contribution in [1.82, 2.24) is 10.6 Å². The fraction of sp³-hybridized carbons (Fsp3) is 0.545. The van der Waals surface area contributed by atoms with Crippen molar-refractivity contribution in [3.8, 4) is 0 Å². The lowest BCUT2D eigenvalue weighted by Gasteiger charge is -2.03. The molecule has 3 nitrogen and oxygen atoms in total. The number of hydrogen-bond acceptors (Lipinski definition) is 3. The van der Waals surface area contributed by atoms with Crippen molar-refractivity contribution in [1.29, 1.82) is 0 Å². The number of rotatable bonds is 7. The number of carbonyl (C=O) groups excluding carboxylic acids is 1. The molecule has 0 saturated heterocycles. The third-order valence-electron chi connectivity index (χ3n) is 2.21. The lowest BCUT2D eigenvalue weighted by molar-refractivity contribution is -0.120. The molecule has 4 heteroatoms. The van der Waals surface area contributed by atoms with E-state index in [4.69, 9.17) is 0 Å². The summed E-state index contributed by atoms with van der Waals surface area (Å²) in [6.45, 7) is 1.90. The summed E-state index contributed by atoms with van der Waals surface area (Å²) in [6, 6.07) is 2.15. The van der Waals surface area contributed by atoms with E-state index in [9.17, 15) is 4.79 Å². The zero-order chi connectivity index (χ0) is 10.9. The third kappa shape index (κ3) is 5.54. The van der Waals surface area contributed by atoms with Gasteiger partial charge in [0, 0.05) is 13.5 Å². The summed E-state index contributed by atoms with van der Waals surface area (Å²) in [5.74, 6) is 0.120. The molecule has 0 atom stereocenters. The number of carbonyl (C=O) groups is 1. The summed E-state index contributed by atoms with van der Waals surface area (Å²) in [6.07, 6.45) is 2.59. The lowest BCUT2D eigenvalue weighted by atomic mass is 10.2. The van der Waals surface area contributed by atoms with E-state index in [-0.39, 0.29) is 5.91 Å². The molecule has 1 heterocycles. The van der Waals surface area contributed by atoms with Gasteiger partial charge < -0.3 is 10.6 Å². The summed E-state index contributed by atoms with van der Waals surface area (Å²) in [7, 11) is 1.67. The average Bonchev–Trinajstić information content (AvgIpc) is 2.75. The summed E-state index contributed by atoms with van der Waals surface area (Å²) in [5, 5.41) is 10.2. The minimum absolute atomic E-state index is 0.120. The van der Waals surface area contributed by atoms with Crippen LogP contribution in [0.2, 0.25) is 0 Å². The molecule has 0 aromatic carbocycles. The van der Waals surface area contributed by atoms with Crippen molar-refractivity contribution in [3.05, 3.63) is 22.4 Å². The molecular weight excluding hydrogens is 208 g/mol. The van der Waals surface area contributed by atoms with Gasteiger partial charge in [0.1, 0.15) is 0 Å². The van der Waals surface area contributed by atoms with Gasteiger partial charge in [0.25, 0.3) is 0 Å².